The minimum Gasteiger partial charge on any atom is -0.502 e. The molecule has 4 aliphatic rings. The molecule has 3 fully saturated rings. The van der Waals surface area contributed by atoms with E-state index in [2.05, 4.69) is 15.9 Å². The lowest BCUT2D eigenvalue weighted by Crippen LogP contribution is -2.60. The maximum atomic E-state index is 13.8. The first-order valence-corrected chi connectivity index (χ1v) is 13.4. The number of nitrogens with zero attached hydrogens (tertiary/aromatic N) is 2. The molecule has 1 saturated carbocycles. The molecule has 0 aromatic heterocycles. The SMILES string of the molecule is COc1cc(C2C3=CCC4C(=O)N(C(N)=O)C(=O)C4C3CC3(Cl)C(=O)N(CBr)C(=O)C23Cl)cc(OC)c1O. The monoisotopic (exact) mass is 629 g/mol. The average Bonchev–Trinajstić information content (AvgIpc) is 3.22. The second-order valence-electron chi connectivity index (χ2n) is 9.61. The first-order chi connectivity index (χ1) is 17.9. The second kappa shape index (κ2) is 8.85. The molecule has 5 rings (SSSR count). The summed E-state index contributed by atoms with van der Waals surface area (Å²) in [6, 6.07) is 1.71. The number of likely N-dealkylation sites (tertiary alicyclic amines) is 2. The van der Waals surface area contributed by atoms with E-state index in [-0.39, 0.29) is 35.5 Å². The summed E-state index contributed by atoms with van der Waals surface area (Å²) in [5.41, 5.74) is 5.97. The van der Waals surface area contributed by atoms with Gasteiger partial charge in [0.15, 0.2) is 21.2 Å². The molecule has 2 saturated heterocycles. The number of alkyl halides is 3. The number of halogens is 3. The minimum absolute atomic E-state index is 0.0114. The van der Waals surface area contributed by atoms with Gasteiger partial charge in [0.05, 0.1) is 31.5 Å². The topological polar surface area (TPSA) is 157 Å². The third-order valence-electron chi connectivity index (χ3n) is 8.07. The number of phenolic OH excluding ortho intramolecular Hbond substituents is 1. The van der Waals surface area contributed by atoms with E-state index < -0.39 is 63.1 Å². The molecule has 1 aromatic rings. The van der Waals surface area contributed by atoms with E-state index in [1.54, 1.807) is 6.08 Å². The molecular weight excluding hydrogens is 609 g/mol. The number of hydrogen-bond donors (Lipinski definition) is 2. The predicted molar refractivity (Wildman–Crippen MR) is 136 cm³/mol. The number of methoxy groups -OCH3 is 2. The fourth-order valence-electron chi connectivity index (χ4n) is 6.42. The van der Waals surface area contributed by atoms with Gasteiger partial charge >= 0.3 is 6.03 Å². The zero-order chi connectivity index (χ0) is 27.9. The van der Waals surface area contributed by atoms with Crippen LogP contribution in [0, 0.1) is 17.8 Å². The Kier molecular flexibility index (Phi) is 6.23. The van der Waals surface area contributed by atoms with Crippen LogP contribution in [0.25, 0.3) is 0 Å². The van der Waals surface area contributed by atoms with Gasteiger partial charge in [-0.05, 0) is 36.5 Å². The van der Waals surface area contributed by atoms with Crippen LogP contribution in [-0.2, 0) is 19.2 Å². The number of imide groups is 4. The van der Waals surface area contributed by atoms with Gasteiger partial charge in [-0.2, -0.15) is 4.90 Å². The summed E-state index contributed by atoms with van der Waals surface area (Å²) < 4.78 is 10.6. The maximum Gasteiger partial charge on any atom is 0.328 e. The zero-order valence-corrected chi connectivity index (χ0v) is 23.2. The molecule has 0 radical (unpaired) electrons. The van der Waals surface area contributed by atoms with Crippen LogP contribution in [-0.4, -0.2) is 74.0 Å². The summed E-state index contributed by atoms with van der Waals surface area (Å²) in [6.07, 6.45) is 1.53. The summed E-state index contributed by atoms with van der Waals surface area (Å²) in [5.74, 6) is -7.17. The predicted octanol–water partition coefficient (Wildman–Crippen LogP) is 2.20. The number of rotatable bonds is 4. The van der Waals surface area contributed by atoms with Crippen LogP contribution >= 0.6 is 39.1 Å². The van der Waals surface area contributed by atoms with Gasteiger partial charge in [-0.1, -0.05) is 27.6 Å². The van der Waals surface area contributed by atoms with Crippen molar-refractivity contribution < 1.29 is 38.6 Å². The first-order valence-electron chi connectivity index (χ1n) is 11.5. The highest BCUT2D eigenvalue weighted by atomic mass is 79.9. The first kappa shape index (κ1) is 26.8. The highest BCUT2D eigenvalue weighted by molar-refractivity contribution is 9.09. The van der Waals surface area contributed by atoms with Crippen molar-refractivity contribution in [1.82, 2.24) is 9.80 Å². The Bertz CT molecular complexity index is 1330. The number of nitrogens with two attached hydrogens (primary N) is 1. The number of aromatic hydroxyl groups is 1. The van der Waals surface area contributed by atoms with E-state index in [1.807, 2.05) is 0 Å². The Balaban J connectivity index is 1.77. The fraction of sp³-hybridized carbons (Fsp3) is 0.458. The number of phenols is 1. The Morgan fingerprint density at radius 2 is 1.71 bits per heavy atom. The van der Waals surface area contributed by atoms with Crippen LogP contribution in [0.5, 0.6) is 17.2 Å². The largest absolute Gasteiger partial charge is 0.502 e. The summed E-state index contributed by atoms with van der Waals surface area (Å²) in [7, 11) is 2.65. The normalized spacial score (nSPS) is 34.1. The van der Waals surface area contributed by atoms with Crippen molar-refractivity contribution in [2.24, 2.45) is 23.5 Å². The fourth-order valence-corrected chi connectivity index (χ4v) is 7.85. The van der Waals surface area contributed by atoms with Gasteiger partial charge in [-0.3, -0.25) is 24.1 Å². The number of primary amides is 1. The number of carbonyl (C=O) groups is 5. The van der Waals surface area contributed by atoms with Gasteiger partial charge in [0.2, 0.25) is 17.6 Å². The number of allylic oxidation sites excluding steroid dienone is 2. The lowest BCUT2D eigenvalue weighted by molar-refractivity contribution is -0.139. The van der Waals surface area contributed by atoms with Gasteiger partial charge in [-0.15, -0.1) is 23.2 Å². The van der Waals surface area contributed by atoms with Crippen LogP contribution in [0.4, 0.5) is 4.79 Å². The molecule has 6 unspecified atom stereocenters. The van der Waals surface area contributed by atoms with E-state index in [0.29, 0.717) is 16.0 Å². The number of fused-ring (bicyclic) bond motifs is 4. The lowest BCUT2D eigenvalue weighted by Gasteiger charge is -2.50. The van der Waals surface area contributed by atoms with Crippen LogP contribution in [0.3, 0.4) is 0 Å². The number of carbonyl (C=O) groups excluding carboxylic acids is 5. The molecule has 11 nitrogen and oxygen atoms in total. The molecule has 2 heterocycles. The Hall–Kier alpha value is -2.83. The highest BCUT2D eigenvalue weighted by Crippen LogP contribution is 2.66. The molecule has 0 bridgehead atoms. The molecule has 1 aromatic carbocycles. The Morgan fingerprint density at radius 1 is 1.11 bits per heavy atom. The highest BCUT2D eigenvalue weighted by Gasteiger charge is 2.76. The van der Waals surface area contributed by atoms with Gasteiger partial charge in [0.1, 0.15) is 0 Å². The number of amides is 6. The summed E-state index contributed by atoms with van der Waals surface area (Å²) in [5, 5.41) is 10.5. The van der Waals surface area contributed by atoms with Crippen molar-refractivity contribution in [2.45, 2.75) is 28.5 Å². The Morgan fingerprint density at radius 3 is 2.24 bits per heavy atom. The number of hydrogen-bond acceptors (Lipinski definition) is 8. The van der Waals surface area contributed by atoms with Crippen LogP contribution in [0.2, 0.25) is 0 Å². The third kappa shape index (κ3) is 3.16. The van der Waals surface area contributed by atoms with Crippen molar-refractivity contribution in [3.63, 3.8) is 0 Å². The van der Waals surface area contributed by atoms with Crippen LogP contribution < -0.4 is 15.2 Å². The summed E-state index contributed by atoms with van der Waals surface area (Å²) in [4.78, 5) is 62.8. The Labute approximate surface area is 234 Å². The second-order valence-corrected chi connectivity index (χ2v) is 11.4. The van der Waals surface area contributed by atoms with Crippen molar-refractivity contribution in [3.05, 3.63) is 29.3 Å². The number of benzene rings is 1. The summed E-state index contributed by atoms with van der Waals surface area (Å²) >= 11 is 17.4. The molecular formula is C24H22BrCl2N3O8. The van der Waals surface area contributed by atoms with E-state index in [1.165, 1.54) is 26.4 Å². The standard InChI is InChI=1S/C24H22BrCl2N3O8/c1-37-13-5-9(6-14(38-2)17(13)31)16-10-3-4-11-15(19(33)30(18(11)32)22(28)36)12(10)7-23(26)20(34)29(8-25)21(35)24(16,23)27/h3,5-6,11-12,15-16,31H,4,7-8H2,1-2H3,(H2,28,36). The molecule has 2 aliphatic heterocycles. The van der Waals surface area contributed by atoms with Crippen molar-refractivity contribution in [1.29, 1.82) is 0 Å². The van der Waals surface area contributed by atoms with Crippen LogP contribution in [0.1, 0.15) is 24.3 Å². The quantitative estimate of drug-likeness (QED) is 0.222. The van der Waals surface area contributed by atoms with Crippen molar-refractivity contribution >= 4 is 68.8 Å². The molecule has 6 atom stereocenters. The van der Waals surface area contributed by atoms with E-state index in [0.717, 1.165) is 4.90 Å². The minimum atomic E-state index is -2.05. The van der Waals surface area contributed by atoms with Gasteiger partial charge in [-0.25, -0.2) is 4.79 Å². The molecule has 0 spiro atoms. The number of urea groups is 1. The van der Waals surface area contributed by atoms with Crippen molar-refractivity contribution in [2.75, 3.05) is 19.7 Å². The maximum absolute atomic E-state index is 13.8. The van der Waals surface area contributed by atoms with E-state index in [9.17, 15) is 29.1 Å². The van der Waals surface area contributed by atoms with E-state index in [4.69, 9.17) is 38.4 Å². The molecule has 38 heavy (non-hydrogen) atoms. The van der Waals surface area contributed by atoms with Crippen molar-refractivity contribution in [3.8, 4) is 17.2 Å². The smallest absolute Gasteiger partial charge is 0.328 e. The van der Waals surface area contributed by atoms with E-state index >= 15 is 0 Å². The van der Waals surface area contributed by atoms with Gasteiger partial charge in [0.25, 0.3) is 11.8 Å². The zero-order valence-electron chi connectivity index (χ0n) is 20.1. The molecule has 6 amide bonds. The lowest BCUT2D eigenvalue weighted by atomic mass is 9.56. The van der Waals surface area contributed by atoms with Gasteiger partial charge in [0, 0.05) is 5.92 Å². The third-order valence-corrected chi connectivity index (χ3v) is 9.99. The molecule has 2 aliphatic carbocycles. The molecule has 3 N–H and O–H groups in total. The van der Waals surface area contributed by atoms with Gasteiger partial charge < -0.3 is 20.3 Å². The molecule has 14 heteroatoms. The number of ether oxygens (including phenoxy) is 2. The van der Waals surface area contributed by atoms with Crippen LogP contribution in [0.15, 0.2) is 23.8 Å². The summed E-state index contributed by atoms with van der Waals surface area (Å²) in [6.45, 7) is 0. The molecule has 202 valence electrons. The average molecular weight is 631 g/mol.